The van der Waals surface area contributed by atoms with Gasteiger partial charge in [0.25, 0.3) is 0 Å². The third-order valence-electron chi connectivity index (χ3n) is 2.23. The van der Waals surface area contributed by atoms with Gasteiger partial charge in [-0.2, -0.15) is 18.2 Å². The minimum atomic E-state index is -4.55. The highest BCUT2D eigenvalue weighted by molar-refractivity contribution is 5.41. The van der Waals surface area contributed by atoms with E-state index in [0.29, 0.717) is 6.54 Å². The molecule has 0 fully saturated rings. The fraction of sp³-hybridized carbons (Fsp3) is 0.182. The van der Waals surface area contributed by atoms with E-state index in [1.165, 1.54) is 0 Å². The number of nitrogens with one attached hydrogen (secondary N) is 1. The van der Waals surface area contributed by atoms with Gasteiger partial charge in [0, 0.05) is 25.0 Å². The number of nitrogens with two attached hydrogens (primary N) is 1. The Hall–Kier alpha value is -2.38. The Bertz CT molecular complexity index is 556. The average molecular weight is 269 g/mol. The normalized spacial score (nSPS) is 11.3. The monoisotopic (exact) mass is 269 g/mol. The van der Waals surface area contributed by atoms with E-state index in [1.54, 1.807) is 24.5 Å². The molecule has 0 aliphatic rings. The van der Waals surface area contributed by atoms with Crippen molar-refractivity contribution in [2.45, 2.75) is 12.7 Å². The molecule has 5 nitrogen and oxygen atoms in total. The number of nitrogens with zero attached hydrogens (tertiary/aromatic N) is 3. The van der Waals surface area contributed by atoms with Crippen LogP contribution in [0.1, 0.15) is 11.3 Å². The van der Waals surface area contributed by atoms with Gasteiger partial charge in [-0.1, -0.05) is 6.07 Å². The number of halogens is 3. The van der Waals surface area contributed by atoms with Gasteiger partial charge in [-0.25, -0.2) is 4.98 Å². The number of alkyl halides is 3. The summed E-state index contributed by atoms with van der Waals surface area (Å²) < 4.78 is 37.6. The van der Waals surface area contributed by atoms with Crippen molar-refractivity contribution in [3.63, 3.8) is 0 Å². The minimum absolute atomic E-state index is 0.0173. The Balaban J connectivity index is 2.15. The summed E-state index contributed by atoms with van der Waals surface area (Å²) in [5.41, 5.74) is 4.99. The number of aromatic nitrogens is 3. The summed E-state index contributed by atoms with van der Waals surface area (Å²) in [4.78, 5) is 10.7. The lowest BCUT2D eigenvalue weighted by atomic mass is 10.3. The zero-order chi connectivity index (χ0) is 13.9. The van der Waals surface area contributed by atoms with E-state index in [0.717, 1.165) is 11.6 Å². The number of anilines is 2. The second-order valence-electron chi connectivity index (χ2n) is 3.71. The van der Waals surface area contributed by atoms with Gasteiger partial charge in [0.1, 0.15) is 5.82 Å². The third kappa shape index (κ3) is 3.54. The van der Waals surface area contributed by atoms with Crippen molar-refractivity contribution in [1.29, 1.82) is 0 Å². The van der Waals surface area contributed by atoms with Crippen molar-refractivity contribution in [2.24, 2.45) is 0 Å². The van der Waals surface area contributed by atoms with Crippen molar-refractivity contribution in [1.82, 2.24) is 15.0 Å². The maximum atomic E-state index is 12.5. The molecule has 0 atom stereocenters. The number of pyridine rings is 1. The quantitative estimate of drug-likeness (QED) is 0.892. The molecule has 0 unspecified atom stereocenters. The topological polar surface area (TPSA) is 76.7 Å². The van der Waals surface area contributed by atoms with Crippen molar-refractivity contribution < 1.29 is 13.2 Å². The Morgan fingerprint density at radius 1 is 1.26 bits per heavy atom. The molecule has 19 heavy (non-hydrogen) atoms. The Morgan fingerprint density at radius 2 is 2.05 bits per heavy atom. The van der Waals surface area contributed by atoms with E-state index in [-0.39, 0.29) is 5.82 Å². The van der Waals surface area contributed by atoms with E-state index < -0.39 is 17.8 Å². The molecule has 2 aromatic rings. The van der Waals surface area contributed by atoms with Crippen LogP contribution in [0, 0.1) is 0 Å². The fourth-order valence-electron chi connectivity index (χ4n) is 1.40. The first-order valence-corrected chi connectivity index (χ1v) is 5.29. The van der Waals surface area contributed by atoms with Gasteiger partial charge in [-0.05, 0) is 11.6 Å². The van der Waals surface area contributed by atoms with Gasteiger partial charge >= 0.3 is 6.18 Å². The number of hydrogen-bond donors (Lipinski definition) is 2. The molecule has 0 saturated heterocycles. The first-order chi connectivity index (χ1) is 8.95. The number of rotatable bonds is 3. The average Bonchev–Trinajstić information content (AvgIpc) is 2.36. The molecule has 2 heterocycles. The summed E-state index contributed by atoms with van der Waals surface area (Å²) in [6.07, 6.45) is -1.35. The lowest BCUT2D eigenvalue weighted by molar-refractivity contribution is -0.141. The van der Waals surface area contributed by atoms with Crippen molar-refractivity contribution in [3.8, 4) is 0 Å². The lowest BCUT2D eigenvalue weighted by Crippen LogP contribution is -2.13. The van der Waals surface area contributed by atoms with Crippen LogP contribution >= 0.6 is 0 Å². The maximum absolute atomic E-state index is 12.5. The highest BCUT2D eigenvalue weighted by Crippen LogP contribution is 2.29. The first-order valence-electron chi connectivity index (χ1n) is 5.29. The van der Waals surface area contributed by atoms with Gasteiger partial charge in [-0.3, -0.25) is 4.98 Å². The standard InChI is InChI=1S/C11H10F3N5/c12-11(13,14)8-4-9(19-10(15)18-8)17-6-7-2-1-3-16-5-7/h1-5H,6H2,(H3,15,17,18,19). The van der Waals surface area contributed by atoms with Crippen LogP contribution in [0.2, 0.25) is 0 Å². The molecule has 2 aromatic heterocycles. The summed E-state index contributed by atoms with van der Waals surface area (Å²) in [7, 11) is 0. The summed E-state index contributed by atoms with van der Waals surface area (Å²) in [6, 6.07) is 4.33. The predicted octanol–water partition coefficient (Wildman–Crippen LogP) is 2.08. The third-order valence-corrected chi connectivity index (χ3v) is 2.23. The molecule has 0 bridgehead atoms. The molecule has 8 heteroatoms. The summed E-state index contributed by atoms with van der Waals surface area (Å²) in [5, 5.41) is 2.74. The van der Waals surface area contributed by atoms with Crippen molar-refractivity contribution >= 4 is 11.8 Å². The minimum Gasteiger partial charge on any atom is -0.368 e. The molecule has 0 radical (unpaired) electrons. The summed E-state index contributed by atoms with van der Waals surface area (Å²) >= 11 is 0. The Morgan fingerprint density at radius 3 is 2.68 bits per heavy atom. The van der Waals surface area contributed by atoms with E-state index >= 15 is 0 Å². The molecule has 0 aliphatic heterocycles. The number of hydrogen-bond acceptors (Lipinski definition) is 5. The molecular formula is C11H10F3N5. The van der Waals surface area contributed by atoms with E-state index in [4.69, 9.17) is 5.73 Å². The van der Waals surface area contributed by atoms with Gasteiger partial charge < -0.3 is 11.1 Å². The fourth-order valence-corrected chi connectivity index (χ4v) is 1.40. The SMILES string of the molecule is Nc1nc(NCc2cccnc2)cc(C(F)(F)F)n1. The smallest absolute Gasteiger partial charge is 0.368 e. The van der Waals surface area contributed by atoms with Gasteiger partial charge in [0.15, 0.2) is 5.69 Å². The van der Waals surface area contributed by atoms with Crippen molar-refractivity contribution in [3.05, 3.63) is 41.9 Å². The van der Waals surface area contributed by atoms with Crippen LogP contribution in [-0.4, -0.2) is 15.0 Å². The first kappa shape index (κ1) is 13.1. The van der Waals surface area contributed by atoms with Crippen LogP contribution in [-0.2, 0) is 12.7 Å². The van der Waals surface area contributed by atoms with Crippen LogP contribution in [0.15, 0.2) is 30.6 Å². The zero-order valence-corrected chi connectivity index (χ0v) is 9.65. The number of nitrogen functional groups attached to an aromatic ring is 1. The molecule has 0 aromatic carbocycles. The molecule has 100 valence electrons. The second kappa shape index (κ2) is 5.09. The Kier molecular flexibility index (Phi) is 3.50. The molecular weight excluding hydrogens is 259 g/mol. The highest BCUT2D eigenvalue weighted by Gasteiger charge is 2.33. The predicted molar refractivity (Wildman–Crippen MR) is 63.0 cm³/mol. The Labute approximate surface area is 106 Å². The zero-order valence-electron chi connectivity index (χ0n) is 9.65. The molecule has 0 amide bonds. The summed E-state index contributed by atoms with van der Waals surface area (Å²) in [6.45, 7) is 0.293. The van der Waals surface area contributed by atoms with Crippen molar-refractivity contribution in [2.75, 3.05) is 11.1 Å². The maximum Gasteiger partial charge on any atom is 0.433 e. The second-order valence-corrected chi connectivity index (χ2v) is 3.71. The van der Waals surface area contributed by atoms with Gasteiger partial charge in [-0.15, -0.1) is 0 Å². The largest absolute Gasteiger partial charge is 0.433 e. The molecule has 2 rings (SSSR count). The lowest BCUT2D eigenvalue weighted by Gasteiger charge is -2.10. The molecule has 0 spiro atoms. The van der Waals surface area contributed by atoms with E-state index in [2.05, 4.69) is 20.3 Å². The molecule has 0 saturated carbocycles. The summed E-state index contributed by atoms with van der Waals surface area (Å²) in [5.74, 6) is -0.410. The molecule has 0 aliphatic carbocycles. The van der Waals surface area contributed by atoms with Gasteiger partial charge in [0.2, 0.25) is 5.95 Å². The van der Waals surface area contributed by atoms with Crippen LogP contribution in [0.3, 0.4) is 0 Å². The van der Waals surface area contributed by atoms with Crippen LogP contribution in [0.25, 0.3) is 0 Å². The van der Waals surface area contributed by atoms with Gasteiger partial charge in [0.05, 0.1) is 0 Å². The van der Waals surface area contributed by atoms with E-state index in [1.807, 2.05) is 0 Å². The highest BCUT2D eigenvalue weighted by atomic mass is 19.4. The van der Waals surface area contributed by atoms with Crippen LogP contribution in [0.5, 0.6) is 0 Å². The molecule has 3 N–H and O–H groups in total. The van der Waals surface area contributed by atoms with Crippen LogP contribution < -0.4 is 11.1 Å². The van der Waals surface area contributed by atoms with Crippen LogP contribution in [0.4, 0.5) is 24.9 Å². The van der Waals surface area contributed by atoms with E-state index in [9.17, 15) is 13.2 Å².